The van der Waals surface area contributed by atoms with Crippen molar-refractivity contribution in [2.75, 3.05) is 5.73 Å². The first-order valence-electron chi connectivity index (χ1n) is 9.78. The van der Waals surface area contributed by atoms with Crippen LogP contribution in [-0.4, -0.2) is 50.9 Å². The standard InChI is InChI=1S/C19H21F3N6O3S/c1-11-2-3-13(8-14(11)15-9-24-17-16(23)25-10-26-28(15)17)32(30,31)27-12-4-6-18(29,7-5-12)19(20,21)22/h2-3,8-10,12,27,29H,4-7H2,1H3,(H2,23,25,26). The summed E-state index contributed by atoms with van der Waals surface area (Å²) in [5.41, 5.74) is 5.17. The number of halogens is 3. The summed E-state index contributed by atoms with van der Waals surface area (Å²) < 4.78 is 68.8. The number of fused-ring (bicyclic) bond motifs is 1. The maximum atomic E-state index is 13.0. The number of nitrogens with one attached hydrogen (secondary N) is 1. The fraction of sp³-hybridized carbons (Fsp3) is 0.421. The highest BCUT2D eigenvalue weighted by atomic mass is 32.2. The van der Waals surface area contributed by atoms with Crippen LogP contribution < -0.4 is 10.5 Å². The number of aliphatic hydroxyl groups is 1. The third-order valence-electron chi connectivity index (χ3n) is 5.79. The number of nitrogens with zero attached hydrogens (tertiary/aromatic N) is 4. The Balaban J connectivity index is 1.60. The number of nitrogen functional groups attached to an aromatic ring is 1. The van der Waals surface area contributed by atoms with E-state index in [2.05, 4.69) is 19.8 Å². The molecule has 3 aromatic rings. The van der Waals surface area contributed by atoms with Crippen LogP contribution in [-0.2, 0) is 10.0 Å². The van der Waals surface area contributed by atoms with E-state index >= 15 is 0 Å². The Kier molecular flexibility index (Phi) is 5.38. The first-order chi connectivity index (χ1) is 14.9. The predicted molar refractivity (Wildman–Crippen MR) is 109 cm³/mol. The molecule has 0 amide bonds. The molecule has 172 valence electrons. The normalized spacial score (nSPS) is 22.3. The van der Waals surface area contributed by atoms with E-state index in [1.165, 1.54) is 29.2 Å². The highest BCUT2D eigenvalue weighted by Crippen LogP contribution is 2.41. The van der Waals surface area contributed by atoms with Gasteiger partial charge in [0.2, 0.25) is 10.0 Å². The molecule has 0 bridgehead atoms. The number of rotatable bonds is 4. The summed E-state index contributed by atoms with van der Waals surface area (Å²) in [6, 6.07) is 3.78. The highest BCUT2D eigenvalue weighted by Gasteiger charge is 2.54. The number of sulfonamides is 1. The number of alkyl halides is 3. The molecule has 0 radical (unpaired) electrons. The monoisotopic (exact) mass is 470 g/mol. The number of imidazole rings is 1. The van der Waals surface area contributed by atoms with Gasteiger partial charge in [-0.25, -0.2) is 27.6 Å². The molecular weight excluding hydrogens is 449 g/mol. The van der Waals surface area contributed by atoms with Crippen LogP contribution in [0.15, 0.2) is 35.6 Å². The number of hydrogen-bond donors (Lipinski definition) is 3. The van der Waals surface area contributed by atoms with Gasteiger partial charge < -0.3 is 10.8 Å². The van der Waals surface area contributed by atoms with E-state index in [9.17, 15) is 26.7 Å². The van der Waals surface area contributed by atoms with Crippen molar-refractivity contribution in [1.82, 2.24) is 24.3 Å². The predicted octanol–water partition coefficient (Wildman–Crippen LogP) is 2.20. The van der Waals surface area contributed by atoms with Gasteiger partial charge in [-0.3, -0.25) is 0 Å². The maximum Gasteiger partial charge on any atom is 0.417 e. The molecule has 1 aromatic carbocycles. The third-order valence-corrected chi connectivity index (χ3v) is 7.31. The molecule has 32 heavy (non-hydrogen) atoms. The molecule has 0 aliphatic heterocycles. The SMILES string of the molecule is Cc1ccc(S(=O)(=O)NC2CCC(O)(C(F)(F)F)CC2)cc1-c1cnc2c(N)ncnn12. The van der Waals surface area contributed by atoms with Crippen LogP contribution in [0.4, 0.5) is 19.0 Å². The number of aryl methyl sites for hydroxylation is 1. The van der Waals surface area contributed by atoms with E-state index in [1.54, 1.807) is 13.0 Å². The molecule has 1 saturated carbocycles. The summed E-state index contributed by atoms with van der Waals surface area (Å²) in [6.45, 7) is 1.79. The van der Waals surface area contributed by atoms with Crippen molar-refractivity contribution in [3.63, 3.8) is 0 Å². The first-order valence-corrected chi connectivity index (χ1v) is 11.3. The summed E-state index contributed by atoms with van der Waals surface area (Å²) in [7, 11) is -4.02. The first kappa shape index (κ1) is 22.4. The Hall–Kier alpha value is -2.77. The number of hydrogen-bond acceptors (Lipinski definition) is 7. The van der Waals surface area contributed by atoms with Crippen molar-refractivity contribution in [3.8, 4) is 11.3 Å². The Morgan fingerprint density at radius 3 is 2.59 bits per heavy atom. The van der Waals surface area contributed by atoms with Gasteiger partial charge in [-0.1, -0.05) is 6.07 Å². The Labute approximate surface area is 181 Å². The molecule has 2 heterocycles. The summed E-state index contributed by atoms with van der Waals surface area (Å²) >= 11 is 0. The molecule has 4 rings (SSSR count). The van der Waals surface area contributed by atoms with Gasteiger partial charge in [0.1, 0.15) is 6.33 Å². The lowest BCUT2D eigenvalue weighted by Gasteiger charge is -2.37. The summed E-state index contributed by atoms with van der Waals surface area (Å²) in [5.74, 6) is 0.172. The second-order valence-corrected chi connectivity index (χ2v) is 9.64. The molecule has 0 atom stereocenters. The minimum Gasteiger partial charge on any atom is -0.381 e. The Morgan fingerprint density at radius 1 is 1.25 bits per heavy atom. The van der Waals surface area contributed by atoms with E-state index in [0.717, 1.165) is 5.56 Å². The zero-order valence-corrected chi connectivity index (χ0v) is 17.8. The lowest BCUT2D eigenvalue weighted by atomic mass is 9.82. The van der Waals surface area contributed by atoms with Crippen LogP contribution in [0.3, 0.4) is 0 Å². The fourth-order valence-electron chi connectivity index (χ4n) is 3.85. The zero-order valence-electron chi connectivity index (χ0n) is 17.0. The number of anilines is 1. The number of aromatic nitrogens is 4. The summed E-state index contributed by atoms with van der Waals surface area (Å²) in [4.78, 5) is 8.01. The minimum absolute atomic E-state index is 0.0493. The lowest BCUT2D eigenvalue weighted by Crippen LogP contribution is -2.51. The molecule has 1 aliphatic rings. The smallest absolute Gasteiger partial charge is 0.381 e. The van der Waals surface area contributed by atoms with Crippen molar-refractivity contribution in [3.05, 3.63) is 36.3 Å². The minimum atomic E-state index is -4.75. The maximum absolute atomic E-state index is 13.0. The van der Waals surface area contributed by atoms with E-state index in [4.69, 9.17) is 5.73 Å². The molecule has 1 fully saturated rings. The van der Waals surface area contributed by atoms with Crippen molar-refractivity contribution in [2.24, 2.45) is 0 Å². The molecule has 0 spiro atoms. The van der Waals surface area contributed by atoms with E-state index in [0.29, 0.717) is 16.9 Å². The average Bonchev–Trinajstić information content (AvgIpc) is 3.14. The molecule has 13 heteroatoms. The van der Waals surface area contributed by atoms with Crippen LogP contribution in [0.25, 0.3) is 16.9 Å². The van der Waals surface area contributed by atoms with Gasteiger partial charge in [0.25, 0.3) is 0 Å². The van der Waals surface area contributed by atoms with Gasteiger partial charge in [-0.2, -0.15) is 18.3 Å². The van der Waals surface area contributed by atoms with E-state index in [1.807, 2.05) is 0 Å². The van der Waals surface area contributed by atoms with Gasteiger partial charge in [-0.05, 0) is 50.3 Å². The van der Waals surface area contributed by atoms with Crippen LogP contribution in [0, 0.1) is 6.92 Å². The lowest BCUT2D eigenvalue weighted by molar-refractivity contribution is -0.270. The largest absolute Gasteiger partial charge is 0.417 e. The zero-order chi connectivity index (χ0) is 23.3. The van der Waals surface area contributed by atoms with Crippen molar-refractivity contribution in [2.45, 2.75) is 55.3 Å². The van der Waals surface area contributed by atoms with Gasteiger partial charge >= 0.3 is 6.18 Å². The molecule has 2 aromatic heterocycles. The van der Waals surface area contributed by atoms with Crippen molar-refractivity contribution in [1.29, 1.82) is 0 Å². The van der Waals surface area contributed by atoms with Crippen molar-refractivity contribution < 1.29 is 26.7 Å². The molecule has 0 unspecified atom stereocenters. The van der Waals surface area contributed by atoms with Gasteiger partial charge in [0.15, 0.2) is 17.1 Å². The summed E-state index contributed by atoms with van der Waals surface area (Å²) in [6.07, 6.45) is -3.36. The van der Waals surface area contributed by atoms with Crippen LogP contribution in [0.2, 0.25) is 0 Å². The van der Waals surface area contributed by atoms with Gasteiger partial charge in [0.05, 0.1) is 16.8 Å². The second kappa shape index (κ2) is 7.67. The van der Waals surface area contributed by atoms with Gasteiger partial charge in [-0.15, -0.1) is 0 Å². The third kappa shape index (κ3) is 3.91. The number of benzene rings is 1. The van der Waals surface area contributed by atoms with Crippen LogP contribution in [0.5, 0.6) is 0 Å². The van der Waals surface area contributed by atoms with Crippen LogP contribution >= 0.6 is 0 Å². The quantitative estimate of drug-likeness (QED) is 0.532. The van der Waals surface area contributed by atoms with Crippen LogP contribution in [0.1, 0.15) is 31.2 Å². The molecule has 0 saturated heterocycles. The molecule has 4 N–H and O–H groups in total. The van der Waals surface area contributed by atoms with E-state index in [-0.39, 0.29) is 23.6 Å². The van der Waals surface area contributed by atoms with Gasteiger partial charge in [0, 0.05) is 11.6 Å². The average molecular weight is 470 g/mol. The van der Waals surface area contributed by atoms with Crippen molar-refractivity contribution >= 4 is 21.5 Å². The van der Waals surface area contributed by atoms with E-state index < -0.39 is 40.7 Å². The molecule has 1 aliphatic carbocycles. The Morgan fingerprint density at radius 2 is 1.94 bits per heavy atom. The molecular formula is C19H21F3N6O3S. The topological polar surface area (TPSA) is 136 Å². The molecule has 9 nitrogen and oxygen atoms in total. The summed E-state index contributed by atoms with van der Waals surface area (Å²) in [5, 5.41) is 13.9. The Bertz CT molecular complexity index is 1270. The number of nitrogens with two attached hydrogens (primary N) is 1. The highest BCUT2D eigenvalue weighted by molar-refractivity contribution is 7.89. The fourth-order valence-corrected chi connectivity index (χ4v) is 5.18. The second-order valence-electron chi connectivity index (χ2n) is 7.93.